The van der Waals surface area contributed by atoms with Crippen molar-refractivity contribution in [2.24, 2.45) is 24.6 Å². The average molecular weight is 595 g/mol. The van der Waals surface area contributed by atoms with E-state index in [-0.39, 0.29) is 30.4 Å². The molecule has 226 valence electrons. The number of aryl methyl sites for hydroxylation is 1. The number of methoxy groups -OCH3 is 1. The SMILES string of the molecule is COc1cc(C(=O)N2CC3CCC2[C@@H]3N)cc2nc(-c3cc4ccc(-c5cc(CO)ccc5F)nc4n3CC3CC3)n(C)c12. The number of nitrogens with two attached hydrogens (primary N) is 1. The van der Waals surface area contributed by atoms with Gasteiger partial charge in [-0.25, -0.2) is 14.4 Å². The van der Waals surface area contributed by atoms with E-state index in [9.17, 15) is 14.3 Å². The maximum absolute atomic E-state index is 14.9. The van der Waals surface area contributed by atoms with Gasteiger partial charge in [0.1, 0.15) is 22.7 Å². The minimum absolute atomic E-state index is 0.0304. The van der Waals surface area contributed by atoms with Gasteiger partial charge < -0.3 is 29.6 Å². The Labute approximate surface area is 254 Å². The van der Waals surface area contributed by atoms with Crippen molar-refractivity contribution in [3.05, 3.63) is 65.5 Å². The molecule has 2 aromatic carbocycles. The molecule has 2 bridgehead atoms. The van der Waals surface area contributed by atoms with E-state index in [0.29, 0.717) is 52.0 Å². The molecule has 0 radical (unpaired) electrons. The number of imidazole rings is 1. The summed E-state index contributed by atoms with van der Waals surface area (Å²) < 4.78 is 24.9. The maximum atomic E-state index is 14.9. The highest BCUT2D eigenvalue weighted by Gasteiger charge is 2.47. The van der Waals surface area contributed by atoms with E-state index in [1.807, 2.05) is 40.8 Å². The number of amides is 1. The number of ether oxygens (including phenoxy) is 1. The highest BCUT2D eigenvalue weighted by Crippen LogP contribution is 2.40. The molecule has 9 nitrogen and oxygen atoms in total. The number of carbonyl (C=O) groups is 1. The summed E-state index contributed by atoms with van der Waals surface area (Å²) in [7, 11) is 3.57. The third-order valence-corrected chi connectivity index (χ3v) is 9.92. The number of aliphatic hydroxyl groups excluding tert-OH is 1. The minimum Gasteiger partial charge on any atom is -0.494 e. The number of piperidine rings is 1. The third-order valence-electron chi connectivity index (χ3n) is 9.92. The molecule has 3 fully saturated rings. The Morgan fingerprint density at radius 1 is 1.09 bits per heavy atom. The first-order valence-electron chi connectivity index (χ1n) is 15.4. The van der Waals surface area contributed by atoms with Gasteiger partial charge in [-0.05, 0) is 85.5 Å². The van der Waals surface area contributed by atoms with Gasteiger partial charge in [0.05, 0.1) is 30.6 Å². The zero-order valence-electron chi connectivity index (χ0n) is 24.8. The smallest absolute Gasteiger partial charge is 0.254 e. The fourth-order valence-corrected chi connectivity index (χ4v) is 7.34. The molecule has 44 heavy (non-hydrogen) atoms. The van der Waals surface area contributed by atoms with Crippen LogP contribution in [-0.2, 0) is 20.2 Å². The first-order valence-corrected chi connectivity index (χ1v) is 15.4. The molecule has 3 aromatic heterocycles. The van der Waals surface area contributed by atoms with Crippen molar-refractivity contribution in [3.8, 4) is 28.5 Å². The fourth-order valence-electron chi connectivity index (χ4n) is 7.34. The Balaban J connectivity index is 1.24. The van der Waals surface area contributed by atoms with Crippen LogP contribution in [0.5, 0.6) is 5.75 Å². The van der Waals surface area contributed by atoms with Crippen LogP contribution in [0, 0.1) is 17.7 Å². The van der Waals surface area contributed by atoms with Crippen LogP contribution in [0.3, 0.4) is 0 Å². The Bertz CT molecular complexity index is 1960. The van der Waals surface area contributed by atoms with Crippen LogP contribution in [0.4, 0.5) is 4.39 Å². The van der Waals surface area contributed by atoms with Crippen LogP contribution < -0.4 is 10.5 Å². The lowest BCUT2D eigenvalue weighted by atomic mass is 10.1. The van der Waals surface area contributed by atoms with Crippen LogP contribution in [0.1, 0.15) is 41.6 Å². The summed E-state index contributed by atoms with van der Waals surface area (Å²) in [5.41, 5.74) is 11.6. The Hall–Kier alpha value is -4.28. The van der Waals surface area contributed by atoms with Gasteiger partial charge >= 0.3 is 0 Å². The van der Waals surface area contributed by atoms with Crippen molar-refractivity contribution in [3.63, 3.8) is 0 Å². The first-order chi connectivity index (χ1) is 21.3. The predicted molar refractivity (Wildman–Crippen MR) is 166 cm³/mol. The van der Waals surface area contributed by atoms with Crippen molar-refractivity contribution in [1.29, 1.82) is 0 Å². The van der Waals surface area contributed by atoms with Crippen LogP contribution >= 0.6 is 0 Å². The van der Waals surface area contributed by atoms with Gasteiger partial charge in [0, 0.05) is 48.7 Å². The van der Waals surface area contributed by atoms with Gasteiger partial charge in [-0.1, -0.05) is 6.07 Å². The molecule has 1 aliphatic heterocycles. The van der Waals surface area contributed by atoms with Crippen LogP contribution in [0.15, 0.2) is 48.5 Å². The standard InChI is InChI=1S/C34H35FN6O3/c1-39-31-26(12-22(14-29(31)44-2)34(43)41-16-21-7-10-27(41)30(21)36)38-33(39)28-13-20-6-9-25(23-11-19(17-42)5-8-24(23)35)37-32(20)40(28)15-18-3-4-18/h5-6,8-9,11-14,18,21,27,30,42H,3-4,7,10,15-17,36H2,1-2H3/t21?,27?,30-/m1/s1. The number of nitrogens with zero attached hydrogens (tertiary/aromatic N) is 5. The summed E-state index contributed by atoms with van der Waals surface area (Å²) >= 11 is 0. The molecule has 10 heteroatoms. The summed E-state index contributed by atoms with van der Waals surface area (Å²) in [6, 6.07) is 14.3. The lowest BCUT2D eigenvalue weighted by Gasteiger charge is -2.27. The van der Waals surface area contributed by atoms with E-state index in [0.717, 1.165) is 60.3 Å². The highest BCUT2D eigenvalue weighted by atomic mass is 19.1. The molecule has 3 N–H and O–H groups in total. The average Bonchev–Trinajstić information content (AvgIpc) is 3.44. The van der Waals surface area contributed by atoms with Crippen molar-refractivity contribution >= 4 is 28.0 Å². The quantitative estimate of drug-likeness (QED) is 0.278. The van der Waals surface area contributed by atoms with Gasteiger partial charge in [0.15, 0.2) is 5.82 Å². The molecule has 1 amide bonds. The monoisotopic (exact) mass is 594 g/mol. The number of fused-ring (bicyclic) bond motifs is 4. The number of carbonyl (C=O) groups excluding carboxylic acids is 1. The molecule has 2 aliphatic carbocycles. The number of halogens is 1. The summed E-state index contributed by atoms with van der Waals surface area (Å²) in [6.45, 7) is 1.30. The summed E-state index contributed by atoms with van der Waals surface area (Å²) in [6.07, 6.45) is 4.33. The molecule has 8 rings (SSSR count). The van der Waals surface area contributed by atoms with Gasteiger partial charge in [-0.2, -0.15) is 0 Å². The molecule has 0 spiro atoms. The van der Waals surface area contributed by atoms with E-state index < -0.39 is 0 Å². The number of rotatable bonds is 7. The molecule has 4 heterocycles. The highest BCUT2D eigenvalue weighted by molar-refractivity contribution is 6.00. The molecule has 1 saturated heterocycles. The third kappa shape index (κ3) is 4.22. The molecule has 3 atom stereocenters. The predicted octanol–water partition coefficient (Wildman–Crippen LogP) is 4.87. The number of aromatic nitrogens is 4. The number of hydrogen-bond donors (Lipinski definition) is 2. The summed E-state index contributed by atoms with van der Waals surface area (Å²) in [5, 5.41) is 10.6. The molecular weight excluding hydrogens is 559 g/mol. The zero-order valence-corrected chi connectivity index (χ0v) is 24.8. The lowest BCUT2D eigenvalue weighted by Crippen LogP contribution is -2.41. The first kappa shape index (κ1) is 27.3. The van der Waals surface area contributed by atoms with Crippen molar-refractivity contribution in [2.75, 3.05) is 13.7 Å². The topological polar surface area (TPSA) is 111 Å². The number of benzene rings is 2. The van der Waals surface area contributed by atoms with E-state index >= 15 is 0 Å². The fraction of sp³-hybridized carbons (Fsp3) is 0.382. The maximum Gasteiger partial charge on any atom is 0.254 e. The second-order valence-electron chi connectivity index (χ2n) is 12.6. The zero-order chi connectivity index (χ0) is 30.3. The minimum atomic E-state index is -0.383. The van der Waals surface area contributed by atoms with Crippen molar-refractivity contribution in [1.82, 2.24) is 24.0 Å². The largest absolute Gasteiger partial charge is 0.494 e. The van der Waals surface area contributed by atoms with Gasteiger partial charge in [-0.15, -0.1) is 0 Å². The Morgan fingerprint density at radius 2 is 1.93 bits per heavy atom. The van der Waals surface area contributed by atoms with E-state index in [1.165, 1.54) is 6.07 Å². The second kappa shape index (κ2) is 10.1. The van der Waals surface area contributed by atoms with Crippen LogP contribution in [0.2, 0.25) is 0 Å². The van der Waals surface area contributed by atoms with Crippen molar-refractivity contribution < 1.29 is 19.0 Å². The Kier molecular flexibility index (Phi) is 6.29. The molecular formula is C34H35FN6O3. The van der Waals surface area contributed by atoms with Crippen molar-refractivity contribution in [2.45, 2.75) is 50.9 Å². The number of aliphatic hydroxyl groups is 1. The normalized spacial score (nSPS) is 21.2. The number of hydrogen-bond acceptors (Lipinski definition) is 6. The summed E-state index contributed by atoms with van der Waals surface area (Å²) in [4.78, 5) is 25.7. The van der Waals surface area contributed by atoms with Gasteiger partial charge in [-0.3, -0.25) is 4.79 Å². The van der Waals surface area contributed by atoms with Gasteiger partial charge in [0.2, 0.25) is 0 Å². The van der Waals surface area contributed by atoms with Crippen LogP contribution in [-0.4, -0.2) is 60.8 Å². The molecule has 2 unspecified atom stereocenters. The van der Waals surface area contributed by atoms with E-state index in [1.54, 1.807) is 19.2 Å². The molecule has 2 saturated carbocycles. The molecule has 5 aromatic rings. The second-order valence-corrected chi connectivity index (χ2v) is 12.6. The summed E-state index contributed by atoms with van der Waals surface area (Å²) in [5.74, 6) is 1.82. The van der Waals surface area contributed by atoms with Crippen LogP contribution in [0.25, 0.3) is 44.8 Å². The number of likely N-dealkylation sites (tertiary alicyclic amines) is 1. The lowest BCUT2D eigenvalue weighted by molar-refractivity contribution is 0.0700. The Morgan fingerprint density at radius 3 is 2.64 bits per heavy atom. The van der Waals surface area contributed by atoms with E-state index in [2.05, 4.69) is 10.6 Å². The van der Waals surface area contributed by atoms with E-state index in [4.69, 9.17) is 20.4 Å². The molecule has 3 aliphatic rings. The number of pyridine rings is 1. The van der Waals surface area contributed by atoms with Gasteiger partial charge in [0.25, 0.3) is 5.91 Å².